The van der Waals surface area contributed by atoms with Crippen molar-refractivity contribution >= 4 is 0 Å². The second-order valence-corrected chi connectivity index (χ2v) is 7.21. The van der Waals surface area contributed by atoms with Gasteiger partial charge in [-0.1, -0.05) is 12.1 Å². The van der Waals surface area contributed by atoms with Gasteiger partial charge in [-0.2, -0.15) is 0 Å². The molecule has 2 aliphatic heterocycles. The van der Waals surface area contributed by atoms with E-state index in [1.165, 1.54) is 11.1 Å². The van der Waals surface area contributed by atoms with Gasteiger partial charge in [-0.25, -0.2) is 0 Å². The number of methoxy groups -OCH3 is 2. The summed E-state index contributed by atoms with van der Waals surface area (Å²) < 4.78 is 33.0. The minimum absolute atomic E-state index is 0.288. The van der Waals surface area contributed by atoms with Crippen molar-refractivity contribution in [3.63, 3.8) is 0 Å². The van der Waals surface area contributed by atoms with Crippen LogP contribution in [-0.2, 0) is 22.3 Å². The normalized spacial score (nSPS) is 16.2. The van der Waals surface area contributed by atoms with E-state index in [0.717, 1.165) is 35.8 Å². The molecule has 0 bridgehead atoms. The summed E-state index contributed by atoms with van der Waals surface area (Å²) in [5.74, 6) is 3.84. The van der Waals surface area contributed by atoms with Crippen molar-refractivity contribution in [2.75, 3.05) is 41.0 Å². The summed E-state index contributed by atoms with van der Waals surface area (Å²) in [5.41, 5.74) is 2.41. The molecule has 2 atom stereocenters. The van der Waals surface area contributed by atoms with Crippen LogP contribution in [0.1, 0.15) is 11.1 Å². The van der Waals surface area contributed by atoms with Gasteiger partial charge in [0.2, 0.25) is 13.6 Å². The highest BCUT2D eigenvalue weighted by Crippen LogP contribution is 2.36. The molecule has 0 saturated carbocycles. The molecular weight excluding hydrogens is 360 g/mol. The standard InChI is InChI=1S/C22H26O6/c1-23-11-17(7-15-3-5-19-21(9-15)27-13-25-19)18(12-24-2)8-16-4-6-20-22(10-16)28-14-26-20/h3-6,9-10,17-18H,7-8,11-14H2,1-2H3/t17-,18+. The van der Waals surface area contributed by atoms with Gasteiger partial charge >= 0.3 is 0 Å². The second-order valence-electron chi connectivity index (χ2n) is 7.21. The molecule has 0 spiro atoms. The summed E-state index contributed by atoms with van der Waals surface area (Å²) in [5, 5.41) is 0. The minimum atomic E-state index is 0.288. The van der Waals surface area contributed by atoms with E-state index in [1.807, 2.05) is 12.1 Å². The van der Waals surface area contributed by atoms with Crippen molar-refractivity contribution in [1.29, 1.82) is 0 Å². The molecule has 0 saturated heterocycles. The summed E-state index contributed by atoms with van der Waals surface area (Å²) in [6.45, 7) is 1.90. The molecule has 4 rings (SSSR count). The quantitative estimate of drug-likeness (QED) is 0.658. The first kappa shape index (κ1) is 18.9. The first-order chi connectivity index (χ1) is 13.8. The monoisotopic (exact) mass is 386 g/mol. The fourth-order valence-electron chi connectivity index (χ4n) is 3.89. The van der Waals surface area contributed by atoms with Gasteiger partial charge in [-0.05, 0) is 60.1 Å². The Kier molecular flexibility index (Phi) is 5.88. The lowest BCUT2D eigenvalue weighted by Crippen LogP contribution is -2.27. The van der Waals surface area contributed by atoms with Gasteiger partial charge in [-0.15, -0.1) is 0 Å². The summed E-state index contributed by atoms with van der Waals surface area (Å²) in [7, 11) is 3.49. The molecule has 2 aromatic rings. The molecule has 0 amide bonds. The van der Waals surface area contributed by atoms with E-state index in [-0.39, 0.29) is 13.6 Å². The summed E-state index contributed by atoms with van der Waals surface area (Å²) in [4.78, 5) is 0. The third kappa shape index (κ3) is 4.18. The maximum atomic E-state index is 5.55. The summed E-state index contributed by atoms with van der Waals surface area (Å²) >= 11 is 0. The van der Waals surface area contributed by atoms with Crippen LogP contribution in [0.25, 0.3) is 0 Å². The molecule has 28 heavy (non-hydrogen) atoms. The largest absolute Gasteiger partial charge is 0.454 e. The number of hydrogen-bond donors (Lipinski definition) is 0. The van der Waals surface area contributed by atoms with Crippen LogP contribution in [0.2, 0.25) is 0 Å². The maximum absolute atomic E-state index is 5.55. The van der Waals surface area contributed by atoms with Crippen molar-refractivity contribution in [3.8, 4) is 23.0 Å². The summed E-state index contributed by atoms with van der Waals surface area (Å²) in [6, 6.07) is 12.3. The fraction of sp³-hybridized carbons (Fsp3) is 0.455. The van der Waals surface area contributed by atoms with E-state index < -0.39 is 0 Å². The maximum Gasteiger partial charge on any atom is 0.231 e. The van der Waals surface area contributed by atoms with Gasteiger partial charge in [-0.3, -0.25) is 0 Å². The van der Waals surface area contributed by atoms with E-state index in [9.17, 15) is 0 Å². The van der Waals surface area contributed by atoms with Crippen LogP contribution in [0.4, 0.5) is 0 Å². The van der Waals surface area contributed by atoms with Gasteiger partial charge < -0.3 is 28.4 Å². The molecule has 2 aliphatic rings. The Hall–Kier alpha value is -2.44. The van der Waals surface area contributed by atoms with Crippen molar-refractivity contribution in [2.24, 2.45) is 11.8 Å². The van der Waals surface area contributed by atoms with E-state index in [1.54, 1.807) is 14.2 Å². The van der Waals surface area contributed by atoms with Crippen LogP contribution in [-0.4, -0.2) is 41.0 Å². The number of benzene rings is 2. The Bertz CT molecular complexity index is 738. The molecule has 6 heteroatoms. The molecule has 0 N–H and O–H groups in total. The topological polar surface area (TPSA) is 55.4 Å². The molecule has 0 aromatic heterocycles. The van der Waals surface area contributed by atoms with Crippen LogP contribution in [0.5, 0.6) is 23.0 Å². The molecule has 0 aliphatic carbocycles. The van der Waals surface area contributed by atoms with Gasteiger partial charge in [0, 0.05) is 27.4 Å². The van der Waals surface area contributed by atoms with Crippen LogP contribution in [0.3, 0.4) is 0 Å². The highest BCUT2D eigenvalue weighted by atomic mass is 16.7. The van der Waals surface area contributed by atoms with Crippen LogP contribution < -0.4 is 18.9 Å². The molecule has 2 heterocycles. The average molecular weight is 386 g/mol. The number of fused-ring (bicyclic) bond motifs is 2. The molecule has 2 aromatic carbocycles. The van der Waals surface area contributed by atoms with Gasteiger partial charge in [0.15, 0.2) is 23.0 Å². The fourth-order valence-corrected chi connectivity index (χ4v) is 3.89. The lowest BCUT2D eigenvalue weighted by atomic mass is 9.83. The lowest BCUT2D eigenvalue weighted by Gasteiger charge is -2.27. The molecule has 0 unspecified atom stereocenters. The van der Waals surface area contributed by atoms with Crippen LogP contribution in [0, 0.1) is 11.8 Å². The Balaban J connectivity index is 1.50. The smallest absolute Gasteiger partial charge is 0.231 e. The first-order valence-electron chi connectivity index (χ1n) is 9.51. The Labute approximate surface area is 165 Å². The number of rotatable bonds is 9. The Morgan fingerprint density at radius 2 is 1.11 bits per heavy atom. The predicted octanol–water partition coefficient (Wildman–Crippen LogP) is 3.45. The first-order valence-corrected chi connectivity index (χ1v) is 9.51. The van der Waals surface area contributed by atoms with Gasteiger partial charge in [0.25, 0.3) is 0 Å². The van der Waals surface area contributed by atoms with E-state index >= 15 is 0 Å². The number of hydrogen-bond acceptors (Lipinski definition) is 6. The van der Waals surface area contributed by atoms with Crippen molar-refractivity contribution in [3.05, 3.63) is 47.5 Å². The van der Waals surface area contributed by atoms with Crippen LogP contribution in [0.15, 0.2) is 36.4 Å². The molecule has 150 valence electrons. The van der Waals surface area contributed by atoms with E-state index in [4.69, 9.17) is 28.4 Å². The SMILES string of the molecule is COC[C@H](Cc1ccc2c(c1)OCO2)[C@@H](COC)Cc1ccc2c(c1)OCO2. The van der Waals surface area contributed by atoms with Gasteiger partial charge in [0.1, 0.15) is 0 Å². The summed E-state index contributed by atoms with van der Waals surface area (Å²) in [6.07, 6.45) is 1.76. The molecular formula is C22H26O6. The Morgan fingerprint density at radius 3 is 1.54 bits per heavy atom. The highest BCUT2D eigenvalue weighted by Gasteiger charge is 2.25. The van der Waals surface area contributed by atoms with Crippen molar-refractivity contribution in [1.82, 2.24) is 0 Å². The zero-order valence-corrected chi connectivity index (χ0v) is 16.3. The third-order valence-corrected chi connectivity index (χ3v) is 5.30. The third-order valence-electron chi connectivity index (χ3n) is 5.30. The number of ether oxygens (including phenoxy) is 6. The zero-order valence-electron chi connectivity index (χ0n) is 16.3. The predicted molar refractivity (Wildman–Crippen MR) is 103 cm³/mol. The average Bonchev–Trinajstić information content (AvgIpc) is 3.35. The van der Waals surface area contributed by atoms with E-state index in [0.29, 0.717) is 25.0 Å². The van der Waals surface area contributed by atoms with Gasteiger partial charge in [0.05, 0.1) is 0 Å². The minimum Gasteiger partial charge on any atom is -0.454 e. The highest BCUT2D eigenvalue weighted by molar-refractivity contribution is 5.45. The Morgan fingerprint density at radius 1 is 0.679 bits per heavy atom. The lowest BCUT2D eigenvalue weighted by molar-refractivity contribution is 0.0697. The molecule has 6 nitrogen and oxygen atoms in total. The molecule has 0 radical (unpaired) electrons. The van der Waals surface area contributed by atoms with Crippen LogP contribution >= 0.6 is 0 Å². The molecule has 0 fully saturated rings. The van der Waals surface area contributed by atoms with Crippen molar-refractivity contribution < 1.29 is 28.4 Å². The zero-order chi connectivity index (χ0) is 19.3. The second kappa shape index (κ2) is 8.71. The van der Waals surface area contributed by atoms with E-state index in [2.05, 4.69) is 24.3 Å². The van der Waals surface area contributed by atoms with Crippen molar-refractivity contribution in [2.45, 2.75) is 12.8 Å².